The molecule has 4 N–H and O–H groups in total. The molecule has 0 unspecified atom stereocenters. The van der Waals surface area contributed by atoms with Crippen molar-refractivity contribution in [2.75, 3.05) is 0 Å². The van der Waals surface area contributed by atoms with Crippen molar-refractivity contribution in [3.8, 4) is 5.75 Å². The van der Waals surface area contributed by atoms with Gasteiger partial charge in [-0.25, -0.2) is 0 Å². The molecule has 19 heavy (non-hydrogen) atoms. The van der Waals surface area contributed by atoms with Gasteiger partial charge in [0.15, 0.2) is 5.96 Å². The normalized spacial score (nSPS) is 15.3. The second kappa shape index (κ2) is 4.70. The predicted molar refractivity (Wildman–Crippen MR) is 78.0 cm³/mol. The first kappa shape index (κ1) is 13.6. The Balaban J connectivity index is 2.46. The number of amides is 1. The fourth-order valence-electron chi connectivity index (χ4n) is 1.74. The first-order chi connectivity index (χ1) is 8.78. The molecule has 0 saturated heterocycles. The molecule has 0 fully saturated rings. The fraction of sp³-hybridized carbons (Fsp3) is 0.231. The summed E-state index contributed by atoms with van der Waals surface area (Å²) >= 11 is 3.40. The highest BCUT2D eigenvalue weighted by molar-refractivity contribution is 9.10. The SMILES string of the molecule is CC1(C)C=Cc2cc(C(=O)N=C(N)N)cc(Br)c2O1. The van der Waals surface area contributed by atoms with Crippen LogP contribution in [0.25, 0.3) is 6.08 Å². The Bertz CT molecular complexity index is 602. The van der Waals surface area contributed by atoms with Crippen LogP contribution in [0.3, 0.4) is 0 Å². The number of hydrogen-bond donors (Lipinski definition) is 2. The summed E-state index contributed by atoms with van der Waals surface area (Å²) in [7, 11) is 0. The molecule has 2 rings (SSSR count). The lowest BCUT2D eigenvalue weighted by Crippen LogP contribution is -2.28. The van der Waals surface area contributed by atoms with Gasteiger partial charge in [-0.1, -0.05) is 6.08 Å². The van der Waals surface area contributed by atoms with E-state index in [1.165, 1.54) is 0 Å². The van der Waals surface area contributed by atoms with E-state index in [0.717, 1.165) is 5.56 Å². The van der Waals surface area contributed by atoms with Crippen LogP contribution in [-0.4, -0.2) is 17.5 Å². The molecule has 0 aromatic heterocycles. The third-order valence-corrected chi connectivity index (χ3v) is 3.17. The second-order valence-electron chi connectivity index (χ2n) is 4.76. The Hall–Kier alpha value is -1.82. The number of ether oxygens (including phenoxy) is 1. The first-order valence-electron chi connectivity index (χ1n) is 5.64. The van der Waals surface area contributed by atoms with Crippen LogP contribution >= 0.6 is 15.9 Å². The summed E-state index contributed by atoms with van der Waals surface area (Å²) < 4.78 is 6.53. The van der Waals surface area contributed by atoms with Crippen molar-refractivity contribution in [3.05, 3.63) is 33.8 Å². The zero-order valence-corrected chi connectivity index (χ0v) is 12.2. The van der Waals surface area contributed by atoms with Gasteiger partial charge in [-0.3, -0.25) is 4.79 Å². The lowest BCUT2D eigenvalue weighted by Gasteiger charge is -2.28. The van der Waals surface area contributed by atoms with Crippen LogP contribution in [0.2, 0.25) is 0 Å². The monoisotopic (exact) mass is 323 g/mol. The van der Waals surface area contributed by atoms with Crippen LogP contribution in [0.4, 0.5) is 0 Å². The van der Waals surface area contributed by atoms with E-state index in [1.54, 1.807) is 12.1 Å². The Kier molecular flexibility index (Phi) is 3.36. The van der Waals surface area contributed by atoms with Crippen molar-refractivity contribution in [3.63, 3.8) is 0 Å². The van der Waals surface area contributed by atoms with E-state index in [-0.39, 0.29) is 11.6 Å². The summed E-state index contributed by atoms with van der Waals surface area (Å²) in [6.45, 7) is 3.91. The zero-order chi connectivity index (χ0) is 14.2. The second-order valence-corrected chi connectivity index (χ2v) is 5.61. The lowest BCUT2D eigenvalue weighted by molar-refractivity contribution is 0.100. The van der Waals surface area contributed by atoms with E-state index in [0.29, 0.717) is 15.8 Å². The molecule has 1 aromatic carbocycles. The maximum absolute atomic E-state index is 11.8. The van der Waals surface area contributed by atoms with Crippen LogP contribution in [0.15, 0.2) is 27.7 Å². The number of halogens is 1. The fourth-order valence-corrected chi connectivity index (χ4v) is 2.30. The Labute approximate surface area is 119 Å². The number of carbonyl (C=O) groups is 1. The Morgan fingerprint density at radius 3 is 2.68 bits per heavy atom. The smallest absolute Gasteiger partial charge is 0.280 e. The molecule has 0 atom stereocenters. The van der Waals surface area contributed by atoms with E-state index < -0.39 is 5.91 Å². The van der Waals surface area contributed by atoms with Gasteiger partial charge in [0.05, 0.1) is 4.47 Å². The highest BCUT2D eigenvalue weighted by Gasteiger charge is 2.24. The summed E-state index contributed by atoms with van der Waals surface area (Å²) in [5.74, 6) is -0.0396. The van der Waals surface area contributed by atoms with E-state index in [1.807, 2.05) is 26.0 Å². The van der Waals surface area contributed by atoms with Crippen molar-refractivity contribution in [1.29, 1.82) is 0 Å². The molecule has 1 amide bonds. The number of fused-ring (bicyclic) bond motifs is 1. The van der Waals surface area contributed by atoms with E-state index in [9.17, 15) is 4.79 Å². The van der Waals surface area contributed by atoms with Crippen molar-refractivity contribution >= 4 is 33.9 Å². The molecule has 1 aliphatic heterocycles. The molecule has 100 valence electrons. The van der Waals surface area contributed by atoms with Gasteiger partial charge in [-0.05, 0) is 48.0 Å². The molecule has 0 bridgehead atoms. The molecule has 0 radical (unpaired) electrons. The van der Waals surface area contributed by atoms with Crippen LogP contribution < -0.4 is 16.2 Å². The maximum atomic E-state index is 11.8. The lowest BCUT2D eigenvalue weighted by atomic mass is 10.0. The first-order valence-corrected chi connectivity index (χ1v) is 6.43. The average Bonchev–Trinajstić information content (AvgIpc) is 2.28. The summed E-state index contributed by atoms with van der Waals surface area (Å²) in [5.41, 5.74) is 11.2. The van der Waals surface area contributed by atoms with Gasteiger partial charge in [-0.2, -0.15) is 4.99 Å². The van der Waals surface area contributed by atoms with Crippen molar-refractivity contribution < 1.29 is 9.53 Å². The van der Waals surface area contributed by atoms with Crippen LogP contribution in [0.5, 0.6) is 5.75 Å². The van der Waals surface area contributed by atoms with Crippen molar-refractivity contribution in [2.45, 2.75) is 19.4 Å². The minimum Gasteiger partial charge on any atom is -0.482 e. The van der Waals surface area contributed by atoms with E-state index in [4.69, 9.17) is 16.2 Å². The maximum Gasteiger partial charge on any atom is 0.280 e. The topological polar surface area (TPSA) is 90.7 Å². The molecule has 1 aliphatic rings. The molecular weight excluding hydrogens is 310 g/mol. The molecule has 0 saturated carbocycles. The number of nitrogens with zero attached hydrogens (tertiary/aromatic N) is 1. The van der Waals surface area contributed by atoms with Crippen molar-refractivity contribution in [2.24, 2.45) is 16.5 Å². The molecule has 5 nitrogen and oxygen atoms in total. The minimum atomic E-state index is -0.485. The van der Waals surface area contributed by atoms with Crippen molar-refractivity contribution in [1.82, 2.24) is 0 Å². The van der Waals surface area contributed by atoms with Crippen LogP contribution in [0.1, 0.15) is 29.8 Å². The van der Waals surface area contributed by atoms with Gasteiger partial charge in [0, 0.05) is 11.1 Å². The highest BCUT2D eigenvalue weighted by atomic mass is 79.9. The molecule has 0 aliphatic carbocycles. The predicted octanol–water partition coefficient (Wildman–Crippen LogP) is 2.05. The van der Waals surface area contributed by atoms with Gasteiger partial charge >= 0.3 is 0 Å². The Morgan fingerprint density at radius 2 is 2.05 bits per heavy atom. The minimum absolute atomic E-state index is 0.258. The number of guanidine groups is 1. The number of hydrogen-bond acceptors (Lipinski definition) is 2. The number of benzene rings is 1. The van der Waals surface area contributed by atoms with E-state index in [2.05, 4.69) is 20.9 Å². The summed E-state index contributed by atoms with van der Waals surface area (Å²) in [4.78, 5) is 15.3. The third-order valence-electron chi connectivity index (χ3n) is 2.58. The summed E-state index contributed by atoms with van der Waals surface area (Å²) in [5, 5.41) is 0. The number of aliphatic imine (C=N–C) groups is 1. The van der Waals surface area contributed by atoms with Gasteiger partial charge in [0.25, 0.3) is 5.91 Å². The number of nitrogens with two attached hydrogens (primary N) is 2. The molecule has 1 aromatic rings. The Morgan fingerprint density at radius 1 is 1.37 bits per heavy atom. The zero-order valence-electron chi connectivity index (χ0n) is 10.6. The molecule has 6 heteroatoms. The highest BCUT2D eigenvalue weighted by Crippen LogP contribution is 2.38. The number of rotatable bonds is 1. The average molecular weight is 324 g/mol. The molecular formula is C13H14BrN3O2. The largest absolute Gasteiger partial charge is 0.482 e. The van der Waals surface area contributed by atoms with E-state index >= 15 is 0 Å². The molecule has 1 heterocycles. The summed E-state index contributed by atoms with van der Waals surface area (Å²) in [6.07, 6.45) is 3.84. The quantitative estimate of drug-likeness (QED) is 0.611. The molecule has 0 spiro atoms. The van der Waals surface area contributed by atoms with Gasteiger partial charge in [0.2, 0.25) is 0 Å². The standard InChI is InChI=1S/C13H14BrN3O2/c1-13(2)4-3-7-5-8(11(18)17-12(15)16)6-9(14)10(7)19-13/h3-6H,1-2H3,(H4,15,16,17,18). The van der Waals surface area contributed by atoms with Crippen LogP contribution in [-0.2, 0) is 0 Å². The van der Waals surface area contributed by atoms with Gasteiger partial charge < -0.3 is 16.2 Å². The summed E-state index contributed by atoms with van der Waals surface area (Å²) in [6, 6.07) is 3.34. The third kappa shape index (κ3) is 2.96. The van der Waals surface area contributed by atoms with Crippen LogP contribution in [0, 0.1) is 0 Å². The van der Waals surface area contributed by atoms with Gasteiger partial charge in [-0.15, -0.1) is 0 Å². The van der Waals surface area contributed by atoms with Gasteiger partial charge in [0.1, 0.15) is 11.4 Å². The number of carbonyl (C=O) groups excluding carboxylic acids is 1.